The van der Waals surface area contributed by atoms with E-state index in [1.54, 1.807) is 0 Å². The molecule has 0 unspecified atom stereocenters. The number of piperidine rings is 1. The van der Waals surface area contributed by atoms with Crippen LogP contribution in [0.1, 0.15) is 19.3 Å². The van der Waals surface area contributed by atoms with Crippen LogP contribution in [0.4, 0.5) is 0 Å². The van der Waals surface area contributed by atoms with Crippen molar-refractivity contribution in [3.63, 3.8) is 0 Å². The summed E-state index contributed by atoms with van der Waals surface area (Å²) in [6.07, 6.45) is 4.14. The zero-order valence-corrected chi connectivity index (χ0v) is 8.79. The van der Waals surface area contributed by atoms with E-state index in [2.05, 4.69) is 7.05 Å². The van der Waals surface area contributed by atoms with E-state index in [4.69, 9.17) is 11.6 Å². The second-order valence-corrected chi connectivity index (χ2v) is 3.49. The van der Waals surface area contributed by atoms with E-state index >= 15 is 0 Å². The number of halogens is 2. The van der Waals surface area contributed by atoms with Gasteiger partial charge in [0.25, 0.3) is 0 Å². The van der Waals surface area contributed by atoms with E-state index in [-0.39, 0.29) is 17.0 Å². The van der Waals surface area contributed by atoms with Gasteiger partial charge in [-0.15, -0.1) is 0 Å². The molecule has 1 heterocycles. The van der Waals surface area contributed by atoms with Gasteiger partial charge in [0.15, 0.2) is 6.00 Å². The Bertz CT molecular complexity index is 91.6. The summed E-state index contributed by atoms with van der Waals surface area (Å²) >= 11 is 5.79. The van der Waals surface area contributed by atoms with Crippen LogP contribution >= 0.6 is 11.6 Å². The highest BCUT2D eigenvalue weighted by Crippen LogP contribution is 2.16. The van der Waals surface area contributed by atoms with Gasteiger partial charge in [-0.3, -0.25) is 0 Å². The first kappa shape index (κ1) is 10.7. The van der Waals surface area contributed by atoms with Crippen molar-refractivity contribution in [2.24, 2.45) is 0 Å². The molecule has 1 aliphatic heterocycles. The largest absolute Gasteiger partial charge is 1.00 e. The van der Waals surface area contributed by atoms with E-state index in [9.17, 15) is 0 Å². The average molecular weight is 229 g/mol. The molecule has 0 aliphatic carbocycles. The fourth-order valence-electron chi connectivity index (χ4n) is 1.40. The molecule has 3 heteroatoms. The molecular formula is C7H15BrClN. The summed E-state index contributed by atoms with van der Waals surface area (Å²) in [6, 6.07) is 0.792. The maximum absolute atomic E-state index is 5.79. The summed E-state index contributed by atoms with van der Waals surface area (Å²) in [5.74, 6) is 0. The highest BCUT2D eigenvalue weighted by molar-refractivity contribution is 6.16. The summed E-state index contributed by atoms with van der Waals surface area (Å²) in [7, 11) is 2.24. The van der Waals surface area contributed by atoms with Crippen LogP contribution < -0.4 is 17.0 Å². The van der Waals surface area contributed by atoms with Gasteiger partial charge in [-0.2, -0.15) is 0 Å². The maximum Gasteiger partial charge on any atom is 0.154 e. The molecule has 10 heavy (non-hydrogen) atoms. The highest BCUT2D eigenvalue weighted by Gasteiger charge is 2.22. The van der Waals surface area contributed by atoms with Crippen molar-refractivity contribution >= 4 is 11.6 Å². The molecule has 0 aromatic heterocycles. The first-order chi connectivity index (χ1) is 4.27. The fourth-order valence-corrected chi connectivity index (χ4v) is 1.63. The van der Waals surface area contributed by atoms with Crippen molar-refractivity contribution in [3.05, 3.63) is 0 Å². The van der Waals surface area contributed by atoms with E-state index in [0.717, 1.165) is 10.5 Å². The Kier molecular flexibility index (Phi) is 4.91. The van der Waals surface area contributed by atoms with Gasteiger partial charge in [0.2, 0.25) is 0 Å². The molecule has 1 rings (SSSR count). The van der Waals surface area contributed by atoms with Gasteiger partial charge < -0.3 is 21.5 Å². The average Bonchev–Trinajstić information content (AvgIpc) is 1.90. The van der Waals surface area contributed by atoms with Crippen LogP contribution in [0.2, 0.25) is 0 Å². The van der Waals surface area contributed by atoms with Gasteiger partial charge in [-0.05, 0) is 19.3 Å². The lowest BCUT2D eigenvalue weighted by Gasteiger charge is -2.35. The second kappa shape index (κ2) is 4.58. The van der Waals surface area contributed by atoms with E-state index < -0.39 is 0 Å². The Morgan fingerprint density at radius 2 is 1.70 bits per heavy atom. The smallest absolute Gasteiger partial charge is 0.154 e. The van der Waals surface area contributed by atoms with Crippen LogP contribution in [0.5, 0.6) is 0 Å². The SMILES string of the molecule is C[N+]1(CCl)CCCCC1.[Br-]. The van der Waals surface area contributed by atoms with Crippen molar-refractivity contribution in [2.45, 2.75) is 19.3 Å². The lowest BCUT2D eigenvalue weighted by Crippen LogP contribution is -3.00. The molecule has 0 radical (unpaired) electrons. The maximum atomic E-state index is 5.79. The quantitative estimate of drug-likeness (QED) is 0.301. The highest BCUT2D eigenvalue weighted by atomic mass is 79.9. The fraction of sp³-hybridized carbons (Fsp3) is 1.00. The molecular weight excluding hydrogens is 213 g/mol. The molecule has 1 nitrogen and oxygen atoms in total. The van der Waals surface area contributed by atoms with Crippen LogP contribution in [-0.2, 0) is 0 Å². The first-order valence-corrected chi connectivity index (χ1v) is 4.20. The molecule has 0 N–H and O–H groups in total. The van der Waals surface area contributed by atoms with Crippen LogP contribution in [-0.4, -0.2) is 30.6 Å². The second-order valence-electron chi connectivity index (χ2n) is 3.25. The number of alkyl halides is 1. The minimum absolute atomic E-state index is 0. The van der Waals surface area contributed by atoms with Gasteiger partial charge >= 0.3 is 0 Å². The number of nitrogens with zero attached hydrogens (tertiary/aromatic N) is 1. The normalized spacial score (nSPS) is 23.4. The Morgan fingerprint density at radius 1 is 1.20 bits per heavy atom. The van der Waals surface area contributed by atoms with Crippen LogP contribution in [0.15, 0.2) is 0 Å². The Balaban J connectivity index is 0.000000810. The zero-order valence-electron chi connectivity index (χ0n) is 6.45. The monoisotopic (exact) mass is 227 g/mol. The molecule has 0 atom stereocenters. The molecule has 1 saturated heterocycles. The van der Waals surface area contributed by atoms with Gasteiger partial charge in [0.05, 0.1) is 20.1 Å². The number of rotatable bonds is 1. The van der Waals surface area contributed by atoms with Crippen LogP contribution in [0, 0.1) is 0 Å². The topological polar surface area (TPSA) is 0 Å². The van der Waals surface area contributed by atoms with E-state index in [1.807, 2.05) is 0 Å². The predicted octanol–water partition coefficient (Wildman–Crippen LogP) is -1.18. The van der Waals surface area contributed by atoms with E-state index in [0.29, 0.717) is 0 Å². The number of quaternary nitrogens is 1. The third kappa shape index (κ3) is 2.77. The molecule has 0 aromatic carbocycles. The molecule has 62 valence electrons. The molecule has 0 amide bonds. The Morgan fingerprint density at radius 3 is 2.00 bits per heavy atom. The molecule has 1 fully saturated rings. The lowest BCUT2D eigenvalue weighted by atomic mass is 10.1. The van der Waals surface area contributed by atoms with Crippen molar-refractivity contribution in [1.29, 1.82) is 0 Å². The van der Waals surface area contributed by atoms with Crippen LogP contribution in [0.25, 0.3) is 0 Å². The molecule has 0 spiro atoms. The standard InChI is InChI=1S/C7H15ClN.BrH/c1-9(7-8)5-3-2-4-6-9;/h2-7H2,1H3;1H/q+1;/p-1. The zero-order chi connectivity index (χ0) is 6.74. The summed E-state index contributed by atoms with van der Waals surface area (Å²) in [5, 5.41) is 0. The first-order valence-electron chi connectivity index (χ1n) is 3.66. The minimum Gasteiger partial charge on any atom is -1.00 e. The molecule has 0 saturated carbocycles. The van der Waals surface area contributed by atoms with Crippen molar-refractivity contribution in [1.82, 2.24) is 0 Å². The number of hydrogen-bond donors (Lipinski definition) is 0. The van der Waals surface area contributed by atoms with Gasteiger partial charge in [-0.1, -0.05) is 11.6 Å². The third-order valence-corrected chi connectivity index (χ3v) is 2.76. The van der Waals surface area contributed by atoms with Gasteiger partial charge in [-0.25, -0.2) is 0 Å². The van der Waals surface area contributed by atoms with Crippen molar-refractivity contribution in [3.8, 4) is 0 Å². The lowest BCUT2D eigenvalue weighted by molar-refractivity contribution is -0.903. The Labute approximate surface area is 78.7 Å². The minimum atomic E-state index is 0. The number of hydrogen-bond acceptors (Lipinski definition) is 0. The Hall–Kier alpha value is 0.730. The molecule has 1 aliphatic rings. The summed E-state index contributed by atoms with van der Waals surface area (Å²) in [6.45, 7) is 2.56. The van der Waals surface area contributed by atoms with E-state index in [1.165, 1.54) is 32.4 Å². The molecule has 0 bridgehead atoms. The summed E-state index contributed by atoms with van der Waals surface area (Å²) < 4.78 is 1.08. The third-order valence-electron chi connectivity index (χ3n) is 2.18. The molecule has 0 aromatic rings. The van der Waals surface area contributed by atoms with Gasteiger partial charge in [0, 0.05) is 0 Å². The van der Waals surface area contributed by atoms with Gasteiger partial charge in [0.1, 0.15) is 0 Å². The summed E-state index contributed by atoms with van der Waals surface area (Å²) in [4.78, 5) is 0. The number of likely N-dealkylation sites (tertiary alicyclic amines) is 1. The van der Waals surface area contributed by atoms with Crippen LogP contribution in [0.3, 0.4) is 0 Å². The van der Waals surface area contributed by atoms with Crippen molar-refractivity contribution < 1.29 is 21.5 Å². The van der Waals surface area contributed by atoms with Crippen molar-refractivity contribution in [2.75, 3.05) is 26.1 Å². The predicted molar refractivity (Wildman–Crippen MR) is 40.5 cm³/mol. The summed E-state index contributed by atoms with van der Waals surface area (Å²) in [5.41, 5.74) is 0.